The Morgan fingerprint density at radius 2 is 2.32 bits per heavy atom. The minimum atomic E-state index is 0.609. The molecule has 3 aromatic heterocycles. The van der Waals surface area contributed by atoms with Crippen LogP contribution in [-0.2, 0) is 5.75 Å². The SMILES string of the molecule is CCOc1ccnc(CSc2nc3cscc3[nH]2)n1. The predicted molar refractivity (Wildman–Crippen MR) is 76.7 cm³/mol. The third kappa shape index (κ3) is 2.87. The van der Waals surface area contributed by atoms with Crippen LogP contribution in [0.4, 0.5) is 0 Å². The molecule has 0 aliphatic carbocycles. The molecule has 19 heavy (non-hydrogen) atoms. The molecule has 0 unspecified atom stereocenters. The highest BCUT2D eigenvalue weighted by atomic mass is 32.2. The van der Waals surface area contributed by atoms with E-state index in [4.69, 9.17) is 4.74 Å². The lowest BCUT2D eigenvalue weighted by molar-refractivity contribution is 0.325. The number of hydrogen-bond donors (Lipinski definition) is 1. The van der Waals surface area contributed by atoms with Crippen molar-refractivity contribution in [2.75, 3.05) is 6.61 Å². The van der Waals surface area contributed by atoms with E-state index in [-0.39, 0.29) is 0 Å². The van der Waals surface area contributed by atoms with Crippen molar-refractivity contribution >= 4 is 34.1 Å². The highest BCUT2D eigenvalue weighted by Crippen LogP contribution is 2.24. The zero-order valence-corrected chi connectivity index (χ0v) is 11.9. The second kappa shape index (κ2) is 5.58. The van der Waals surface area contributed by atoms with Crippen molar-refractivity contribution < 1.29 is 4.74 Å². The molecule has 0 bridgehead atoms. The summed E-state index contributed by atoms with van der Waals surface area (Å²) in [7, 11) is 0. The lowest BCUT2D eigenvalue weighted by Gasteiger charge is -2.03. The molecule has 0 saturated carbocycles. The van der Waals surface area contributed by atoms with Crippen molar-refractivity contribution in [3.8, 4) is 5.88 Å². The van der Waals surface area contributed by atoms with E-state index in [2.05, 4.69) is 25.3 Å². The average Bonchev–Trinajstić information content (AvgIpc) is 2.98. The van der Waals surface area contributed by atoms with E-state index in [0.29, 0.717) is 18.2 Å². The second-order valence-electron chi connectivity index (χ2n) is 3.75. The first kappa shape index (κ1) is 12.4. The Bertz CT molecular complexity index is 650. The molecule has 0 atom stereocenters. The molecule has 0 spiro atoms. The zero-order chi connectivity index (χ0) is 13.1. The summed E-state index contributed by atoms with van der Waals surface area (Å²) in [6.07, 6.45) is 1.72. The Morgan fingerprint density at radius 3 is 3.16 bits per heavy atom. The lowest BCUT2D eigenvalue weighted by Crippen LogP contribution is -1.98. The van der Waals surface area contributed by atoms with Crippen LogP contribution in [0, 0.1) is 0 Å². The van der Waals surface area contributed by atoms with Gasteiger partial charge in [-0.05, 0) is 6.92 Å². The molecular weight excluding hydrogens is 280 g/mol. The summed E-state index contributed by atoms with van der Waals surface area (Å²) in [6, 6.07) is 1.76. The predicted octanol–water partition coefficient (Wildman–Crippen LogP) is 3.11. The minimum absolute atomic E-state index is 0.609. The van der Waals surface area contributed by atoms with Gasteiger partial charge in [-0.2, -0.15) is 4.98 Å². The summed E-state index contributed by atoms with van der Waals surface area (Å²) in [5, 5.41) is 4.98. The molecule has 0 saturated heterocycles. The zero-order valence-electron chi connectivity index (χ0n) is 10.3. The van der Waals surface area contributed by atoms with Gasteiger partial charge in [0.25, 0.3) is 0 Å². The van der Waals surface area contributed by atoms with Gasteiger partial charge in [0.2, 0.25) is 5.88 Å². The Kier molecular flexibility index (Phi) is 3.65. The molecule has 5 nitrogen and oxygen atoms in total. The van der Waals surface area contributed by atoms with E-state index >= 15 is 0 Å². The molecule has 0 radical (unpaired) electrons. The Morgan fingerprint density at radius 1 is 1.37 bits per heavy atom. The Balaban J connectivity index is 1.68. The molecule has 0 aliphatic heterocycles. The lowest BCUT2D eigenvalue weighted by atomic mass is 10.5. The monoisotopic (exact) mass is 292 g/mol. The van der Waals surface area contributed by atoms with Crippen LogP contribution >= 0.6 is 23.1 Å². The van der Waals surface area contributed by atoms with Crippen molar-refractivity contribution in [1.29, 1.82) is 0 Å². The van der Waals surface area contributed by atoms with E-state index in [1.807, 2.05) is 12.3 Å². The first-order valence-electron chi connectivity index (χ1n) is 5.84. The standard InChI is InChI=1S/C12H12N4OS2/c1-2-17-11-3-4-13-10(16-11)7-19-12-14-8-5-18-6-9(8)15-12/h3-6H,2,7H2,1H3,(H,14,15). The normalized spacial score (nSPS) is 11.0. The number of thioether (sulfide) groups is 1. The van der Waals surface area contributed by atoms with E-state index in [0.717, 1.165) is 22.0 Å². The molecule has 98 valence electrons. The largest absolute Gasteiger partial charge is 0.478 e. The summed E-state index contributed by atoms with van der Waals surface area (Å²) >= 11 is 3.23. The van der Waals surface area contributed by atoms with Crippen LogP contribution in [0.3, 0.4) is 0 Å². The van der Waals surface area contributed by atoms with E-state index in [1.54, 1.807) is 35.4 Å². The van der Waals surface area contributed by atoms with Crippen LogP contribution in [0.25, 0.3) is 11.0 Å². The van der Waals surface area contributed by atoms with Crippen LogP contribution in [0.2, 0.25) is 0 Å². The van der Waals surface area contributed by atoms with E-state index in [9.17, 15) is 0 Å². The highest BCUT2D eigenvalue weighted by Gasteiger charge is 2.06. The molecule has 1 N–H and O–H groups in total. The summed E-state index contributed by atoms with van der Waals surface area (Å²) in [4.78, 5) is 16.3. The minimum Gasteiger partial charge on any atom is -0.478 e. The number of ether oxygens (including phenoxy) is 1. The topological polar surface area (TPSA) is 63.7 Å². The van der Waals surface area contributed by atoms with Crippen LogP contribution < -0.4 is 4.74 Å². The third-order valence-electron chi connectivity index (χ3n) is 2.42. The van der Waals surface area contributed by atoms with Gasteiger partial charge < -0.3 is 9.72 Å². The van der Waals surface area contributed by atoms with Gasteiger partial charge in [-0.15, -0.1) is 11.3 Å². The van der Waals surface area contributed by atoms with E-state index in [1.165, 1.54) is 0 Å². The molecule has 7 heteroatoms. The first-order valence-corrected chi connectivity index (χ1v) is 7.77. The first-order chi connectivity index (χ1) is 9.35. The summed E-state index contributed by atoms with van der Waals surface area (Å²) in [5.41, 5.74) is 2.09. The van der Waals surface area contributed by atoms with Gasteiger partial charge in [-0.3, -0.25) is 0 Å². The Hall–Kier alpha value is -1.60. The molecule has 0 fully saturated rings. The molecule has 0 aliphatic rings. The van der Waals surface area contributed by atoms with E-state index < -0.39 is 0 Å². The maximum absolute atomic E-state index is 5.35. The molecule has 0 amide bonds. The van der Waals surface area contributed by atoms with Gasteiger partial charge in [0.1, 0.15) is 11.3 Å². The van der Waals surface area contributed by atoms with Gasteiger partial charge in [-0.25, -0.2) is 9.97 Å². The number of thiophene rings is 1. The molecule has 0 aromatic carbocycles. The van der Waals surface area contributed by atoms with Crippen molar-refractivity contribution in [2.45, 2.75) is 17.8 Å². The van der Waals surface area contributed by atoms with Gasteiger partial charge in [0, 0.05) is 23.0 Å². The average molecular weight is 292 g/mol. The molecule has 3 aromatic rings. The van der Waals surface area contributed by atoms with Gasteiger partial charge in [0.15, 0.2) is 5.16 Å². The number of rotatable bonds is 5. The second-order valence-corrected chi connectivity index (χ2v) is 5.45. The molecular formula is C12H12N4OS2. The van der Waals surface area contributed by atoms with Gasteiger partial charge in [-0.1, -0.05) is 11.8 Å². The van der Waals surface area contributed by atoms with Crippen LogP contribution in [0.15, 0.2) is 28.2 Å². The number of nitrogens with one attached hydrogen (secondary N) is 1. The van der Waals surface area contributed by atoms with Crippen molar-refractivity contribution in [1.82, 2.24) is 19.9 Å². The van der Waals surface area contributed by atoms with Gasteiger partial charge in [0.05, 0.1) is 17.9 Å². The molecule has 3 rings (SSSR count). The van der Waals surface area contributed by atoms with Crippen molar-refractivity contribution in [3.63, 3.8) is 0 Å². The van der Waals surface area contributed by atoms with Gasteiger partial charge >= 0.3 is 0 Å². The number of fused-ring (bicyclic) bond motifs is 1. The maximum atomic E-state index is 5.35. The number of aromatic nitrogens is 4. The quantitative estimate of drug-likeness (QED) is 0.732. The summed E-state index contributed by atoms with van der Waals surface area (Å²) in [6.45, 7) is 2.55. The number of aromatic amines is 1. The number of hydrogen-bond acceptors (Lipinski definition) is 6. The van der Waals surface area contributed by atoms with Crippen LogP contribution in [-0.4, -0.2) is 26.5 Å². The number of H-pyrrole nitrogens is 1. The van der Waals surface area contributed by atoms with Crippen LogP contribution in [0.5, 0.6) is 5.88 Å². The smallest absolute Gasteiger partial charge is 0.216 e. The number of nitrogens with zero attached hydrogens (tertiary/aromatic N) is 3. The number of imidazole rings is 1. The third-order valence-corrected chi connectivity index (χ3v) is 4.02. The fourth-order valence-electron chi connectivity index (χ4n) is 1.60. The molecule has 3 heterocycles. The maximum Gasteiger partial charge on any atom is 0.216 e. The highest BCUT2D eigenvalue weighted by molar-refractivity contribution is 7.98. The van der Waals surface area contributed by atoms with Crippen LogP contribution in [0.1, 0.15) is 12.7 Å². The van der Waals surface area contributed by atoms with Crippen molar-refractivity contribution in [3.05, 3.63) is 28.8 Å². The summed E-state index contributed by atoms with van der Waals surface area (Å²) in [5.74, 6) is 2.03. The Labute approximate surface area is 118 Å². The fourth-order valence-corrected chi connectivity index (χ4v) is 3.04. The summed E-state index contributed by atoms with van der Waals surface area (Å²) < 4.78 is 5.35. The fraction of sp³-hybridized carbons (Fsp3) is 0.250. The van der Waals surface area contributed by atoms with Crippen molar-refractivity contribution in [2.24, 2.45) is 0 Å².